The van der Waals surface area contributed by atoms with Crippen LogP contribution >= 0.6 is 22.9 Å². The minimum atomic E-state index is -0.435. The van der Waals surface area contributed by atoms with E-state index in [1.54, 1.807) is 6.07 Å². The van der Waals surface area contributed by atoms with Gasteiger partial charge in [-0.3, -0.25) is 0 Å². The number of thiazole rings is 1. The summed E-state index contributed by atoms with van der Waals surface area (Å²) in [5.41, 5.74) is 1.39. The molecular formula is C11H9ClFNOS. The van der Waals surface area contributed by atoms with E-state index in [1.165, 1.54) is 17.4 Å². The Balaban J connectivity index is 2.37. The van der Waals surface area contributed by atoms with Gasteiger partial charge in [-0.05, 0) is 12.5 Å². The molecule has 0 aliphatic rings. The highest BCUT2D eigenvalue weighted by molar-refractivity contribution is 7.22. The SMILES string of the molecule is C=C(C)COc1cc2sc(Cl)nc2cc1F. The van der Waals surface area contributed by atoms with Gasteiger partial charge in [0.25, 0.3) is 0 Å². The van der Waals surface area contributed by atoms with Crippen molar-refractivity contribution in [2.75, 3.05) is 6.61 Å². The normalized spacial score (nSPS) is 10.7. The standard InChI is InChI=1S/C11H9ClFNOS/c1-6(2)5-15-9-4-10-8(3-7(9)13)14-11(12)16-10/h3-4H,1,5H2,2H3. The number of aromatic nitrogens is 1. The van der Waals surface area contributed by atoms with Crippen LogP contribution in [0, 0.1) is 5.82 Å². The fourth-order valence-corrected chi connectivity index (χ4v) is 2.25. The quantitative estimate of drug-likeness (QED) is 0.774. The molecule has 5 heteroatoms. The van der Waals surface area contributed by atoms with Crippen LogP contribution in [0.2, 0.25) is 4.47 Å². The number of hydrogen-bond donors (Lipinski definition) is 0. The summed E-state index contributed by atoms with van der Waals surface area (Å²) < 4.78 is 20.0. The number of fused-ring (bicyclic) bond motifs is 1. The molecule has 0 spiro atoms. The first-order valence-corrected chi connectivity index (χ1v) is 5.78. The van der Waals surface area contributed by atoms with Crippen LogP contribution in [-0.4, -0.2) is 11.6 Å². The van der Waals surface area contributed by atoms with Gasteiger partial charge in [0.1, 0.15) is 6.61 Å². The van der Waals surface area contributed by atoms with Gasteiger partial charge in [-0.1, -0.05) is 18.2 Å². The molecule has 0 radical (unpaired) electrons. The molecule has 1 aromatic heterocycles. The smallest absolute Gasteiger partial charge is 0.184 e. The van der Waals surface area contributed by atoms with Crippen LogP contribution in [0.5, 0.6) is 5.75 Å². The first-order valence-electron chi connectivity index (χ1n) is 4.59. The van der Waals surface area contributed by atoms with E-state index in [2.05, 4.69) is 11.6 Å². The highest BCUT2D eigenvalue weighted by Gasteiger charge is 2.09. The molecule has 0 saturated heterocycles. The summed E-state index contributed by atoms with van der Waals surface area (Å²) in [5.74, 6) is -0.230. The second-order valence-electron chi connectivity index (χ2n) is 3.46. The van der Waals surface area contributed by atoms with Gasteiger partial charge >= 0.3 is 0 Å². The van der Waals surface area contributed by atoms with Crippen molar-refractivity contribution < 1.29 is 9.13 Å². The summed E-state index contributed by atoms with van der Waals surface area (Å²) in [5, 5.41) is 0. The first-order chi connectivity index (χ1) is 7.56. The topological polar surface area (TPSA) is 22.1 Å². The van der Waals surface area contributed by atoms with E-state index in [9.17, 15) is 4.39 Å². The zero-order valence-electron chi connectivity index (χ0n) is 8.59. The Morgan fingerprint density at radius 2 is 2.38 bits per heavy atom. The van der Waals surface area contributed by atoms with Crippen LogP contribution in [0.3, 0.4) is 0 Å². The molecule has 1 heterocycles. The largest absolute Gasteiger partial charge is 0.486 e. The molecule has 0 saturated carbocycles. The van der Waals surface area contributed by atoms with Crippen LogP contribution in [0.1, 0.15) is 6.92 Å². The molecule has 0 aliphatic carbocycles. The highest BCUT2D eigenvalue weighted by atomic mass is 35.5. The second kappa shape index (κ2) is 4.39. The van der Waals surface area contributed by atoms with Gasteiger partial charge in [0.2, 0.25) is 0 Å². The summed E-state index contributed by atoms with van der Waals surface area (Å²) >= 11 is 7.04. The van der Waals surface area contributed by atoms with Crippen LogP contribution < -0.4 is 4.74 Å². The third-order valence-corrected chi connectivity index (χ3v) is 3.01. The maximum atomic E-state index is 13.5. The third-order valence-electron chi connectivity index (χ3n) is 1.89. The Hall–Kier alpha value is -1.13. The Morgan fingerprint density at radius 3 is 3.06 bits per heavy atom. The number of nitrogens with zero attached hydrogens (tertiary/aromatic N) is 1. The lowest BCUT2D eigenvalue weighted by atomic mass is 10.3. The van der Waals surface area contributed by atoms with Crippen molar-refractivity contribution in [2.24, 2.45) is 0 Å². The maximum Gasteiger partial charge on any atom is 0.184 e. The number of hydrogen-bond acceptors (Lipinski definition) is 3. The Labute approximate surface area is 101 Å². The number of rotatable bonds is 3. The van der Waals surface area contributed by atoms with Gasteiger partial charge in [-0.15, -0.1) is 11.3 Å². The summed E-state index contributed by atoms with van der Waals surface area (Å²) in [6.45, 7) is 5.81. The maximum absolute atomic E-state index is 13.5. The molecule has 0 aliphatic heterocycles. The molecule has 0 N–H and O–H groups in total. The fourth-order valence-electron chi connectivity index (χ4n) is 1.21. The fraction of sp³-hybridized carbons (Fsp3) is 0.182. The molecule has 16 heavy (non-hydrogen) atoms. The van der Waals surface area contributed by atoms with E-state index < -0.39 is 5.82 Å². The summed E-state index contributed by atoms with van der Waals surface area (Å²) in [6, 6.07) is 2.93. The average Bonchev–Trinajstić information content (AvgIpc) is 2.53. The monoisotopic (exact) mass is 257 g/mol. The summed E-state index contributed by atoms with van der Waals surface area (Å²) in [7, 11) is 0. The Kier molecular flexibility index (Phi) is 3.12. The first kappa shape index (κ1) is 11.4. The van der Waals surface area contributed by atoms with Gasteiger partial charge in [0, 0.05) is 12.1 Å². The lowest BCUT2D eigenvalue weighted by Gasteiger charge is -2.06. The second-order valence-corrected chi connectivity index (χ2v) is 5.08. The zero-order valence-corrected chi connectivity index (χ0v) is 10.2. The van der Waals surface area contributed by atoms with Crippen molar-refractivity contribution in [3.63, 3.8) is 0 Å². The van der Waals surface area contributed by atoms with Gasteiger partial charge in [-0.25, -0.2) is 9.37 Å². The van der Waals surface area contributed by atoms with Gasteiger partial charge in [0.05, 0.1) is 10.2 Å². The summed E-state index contributed by atoms with van der Waals surface area (Å²) in [4.78, 5) is 3.98. The van der Waals surface area contributed by atoms with E-state index in [4.69, 9.17) is 16.3 Å². The predicted molar refractivity (Wildman–Crippen MR) is 64.9 cm³/mol. The molecule has 2 nitrogen and oxygen atoms in total. The molecule has 2 aromatic rings. The average molecular weight is 258 g/mol. The Bertz CT molecular complexity index is 552. The van der Waals surface area contributed by atoms with E-state index in [1.807, 2.05) is 6.92 Å². The van der Waals surface area contributed by atoms with E-state index in [-0.39, 0.29) is 5.75 Å². The van der Waals surface area contributed by atoms with Crippen molar-refractivity contribution in [1.82, 2.24) is 4.98 Å². The van der Waals surface area contributed by atoms with Gasteiger partial charge in [0.15, 0.2) is 16.0 Å². The van der Waals surface area contributed by atoms with Crippen molar-refractivity contribution in [3.8, 4) is 5.75 Å². The molecule has 0 bridgehead atoms. The number of benzene rings is 1. The molecule has 0 atom stereocenters. The minimum absolute atomic E-state index is 0.204. The molecular weight excluding hydrogens is 249 g/mol. The van der Waals surface area contributed by atoms with Crippen molar-refractivity contribution >= 4 is 33.2 Å². The van der Waals surface area contributed by atoms with Crippen LogP contribution in [-0.2, 0) is 0 Å². The molecule has 0 unspecified atom stereocenters. The van der Waals surface area contributed by atoms with Crippen molar-refractivity contribution in [3.05, 3.63) is 34.6 Å². The van der Waals surface area contributed by atoms with Crippen LogP contribution in [0.15, 0.2) is 24.3 Å². The van der Waals surface area contributed by atoms with Crippen molar-refractivity contribution in [2.45, 2.75) is 6.92 Å². The van der Waals surface area contributed by atoms with E-state index >= 15 is 0 Å². The van der Waals surface area contributed by atoms with E-state index in [0.717, 1.165) is 10.3 Å². The number of ether oxygens (including phenoxy) is 1. The number of halogens is 2. The molecule has 0 amide bonds. The predicted octanol–water partition coefficient (Wildman–Crippen LogP) is 4.04. The zero-order chi connectivity index (χ0) is 11.7. The summed E-state index contributed by atoms with van der Waals surface area (Å²) in [6.07, 6.45) is 0. The third kappa shape index (κ3) is 2.33. The van der Waals surface area contributed by atoms with Crippen LogP contribution in [0.25, 0.3) is 10.2 Å². The molecule has 84 valence electrons. The molecule has 1 aromatic carbocycles. The molecule has 2 rings (SSSR count). The molecule has 0 fully saturated rings. The lowest BCUT2D eigenvalue weighted by Crippen LogP contribution is -1.99. The van der Waals surface area contributed by atoms with Gasteiger partial charge < -0.3 is 4.74 Å². The Morgan fingerprint density at radius 1 is 1.62 bits per heavy atom. The highest BCUT2D eigenvalue weighted by Crippen LogP contribution is 2.31. The lowest BCUT2D eigenvalue weighted by molar-refractivity contribution is 0.333. The minimum Gasteiger partial charge on any atom is -0.486 e. The van der Waals surface area contributed by atoms with Crippen LogP contribution in [0.4, 0.5) is 4.39 Å². The van der Waals surface area contributed by atoms with Crippen molar-refractivity contribution in [1.29, 1.82) is 0 Å². The van der Waals surface area contributed by atoms with E-state index in [0.29, 0.717) is 16.6 Å². The van der Waals surface area contributed by atoms with Gasteiger partial charge in [-0.2, -0.15) is 0 Å².